The lowest BCUT2D eigenvalue weighted by atomic mass is 10.2. The molecule has 19 heavy (non-hydrogen) atoms. The van der Waals surface area contributed by atoms with Crippen molar-refractivity contribution in [3.05, 3.63) is 54.5 Å². The Morgan fingerprint density at radius 3 is 2.89 bits per heavy atom. The fraction of sp³-hybridized carbons (Fsp3) is 0.0667. The highest BCUT2D eigenvalue weighted by atomic mass is 19.1. The zero-order valence-electron chi connectivity index (χ0n) is 10.4. The van der Waals surface area contributed by atoms with E-state index in [2.05, 4.69) is 10.3 Å². The molecule has 96 valence electrons. The molecular formula is C15H13FN2O. The molecule has 0 fully saturated rings. The topological polar surface area (TPSA) is 37.0 Å². The van der Waals surface area contributed by atoms with Crippen molar-refractivity contribution in [3.63, 3.8) is 0 Å². The molecule has 3 aromatic rings. The number of ether oxygens (including phenoxy) is 1. The quantitative estimate of drug-likeness (QED) is 0.741. The number of fused-ring (bicyclic) bond motifs is 1. The zero-order valence-corrected chi connectivity index (χ0v) is 10.4. The van der Waals surface area contributed by atoms with E-state index < -0.39 is 0 Å². The highest BCUT2D eigenvalue weighted by molar-refractivity contribution is 5.94. The minimum atomic E-state index is -0.249. The van der Waals surface area contributed by atoms with Gasteiger partial charge in [0.2, 0.25) is 0 Å². The second kappa shape index (κ2) is 4.65. The summed E-state index contributed by atoms with van der Waals surface area (Å²) in [6, 6.07) is 12.3. The lowest BCUT2D eigenvalue weighted by Crippen LogP contribution is -1.90. The minimum absolute atomic E-state index is 0.249. The first-order valence-electron chi connectivity index (χ1n) is 5.94. The molecule has 0 aliphatic rings. The summed E-state index contributed by atoms with van der Waals surface area (Å²) in [5.41, 5.74) is 2.62. The molecular weight excluding hydrogens is 243 g/mol. The molecule has 3 rings (SSSR count). The van der Waals surface area contributed by atoms with Crippen LogP contribution in [0.2, 0.25) is 0 Å². The van der Waals surface area contributed by atoms with E-state index in [1.807, 2.05) is 30.5 Å². The summed E-state index contributed by atoms with van der Waals surface area (Å²) in [5, 5.41) is 4.07. The third kappa shape index (κ3) is 2.25. The molecule has 0 aliphatic heterocycles. The molecule has 1 aromatic heterocycles. The van der Waals surface area contributed by atoms with Gasteiger partial charge in [0.25, 0.3) is 0 Å². The Morgan fingerprint density at radius 1 is 1.16 bits per heavy atom. The molecule has 0 amide bonds. The van der Waals surface area contributed by atoms with Crippen LogP contribution in [0.1, 0.15) is 0 Å². The number of methoxy groups -OCH3 is 1. The van der Waals surface area contributed by atoms with Gasteiger partial charge in [-0.05, 0) is 30.3 Å². The SMILES string of the molecule is COc1cccc(Nc2c[nH]c3ccc(F)cc23)c1. The molecule has 0 aliphatic carbocycles. The van der Waals surface area contributed by atoms with Crippen molar-refractivity contribution in [1.82, 2.24) is 4.98 Å². The fourth-order valence-corrected chi connectivity index (χ4v) is 2.05. The maximum atomic E-state index is 13.3. The van der Waals surface area contributed by atoms with Gasteiger partial charge in [0.15, 0.2) is 0 Å². The number of hydrogen-bond donors (Lipinski definition) is 2. The summed E-state index contributed by atoms with van der Waals surface area (Å²) >= 11 is 0. The van der Waals surface area contributed by atoms with Crippen LogP contribution in [0.25, 0.3) is 10.9 Å². The lowest BCUT2D eigenvalue weighted by Gasteiger charge is -2.07. The normalized spacial score (nSPS) is 10.6. The number of anilines is 2. The molecule has 3 nitrogen and oxygen atoms in total. The molecule has 0 unspecified atom stereocenters. The van der Waals surface area contributed by atoms with Crippen LogP contribution in [0.4, 0.5) is 15.8 Å². The van der Waals surface area contributed by atoms with Crippen molar-refractivity contribution in [2.24, 2.45) is 0 Å². The third-order valence-corrected chi connectivity index (χ3v) is 2.99. The second-order valence-corrected chi connectivity index (χ2v) is 4.25. The molecule has 0 spiro atoms. The van der Waals surface area contributed by atoms with Gasteiger partial charge in [-0.1, -0.05) is 6.07 Å². The summed E-state index contributed by atoms with van der Waals surface area (Å²) in [5.74, 6) is 0.525. The molecule has 0 saturated carbocycles. The molecule has 0 atom stereocenters. The van der Waals surface area contributed by atoms with Crippen molar-refractivity contribution in [2.75, 3.05) is 12.4 Å². The highest BCUT2D eigenvalue weighted by Gasteiger charge is 2.05. The number of aromatic amines is 1. The Bertz CT molecular complexity index is 721. The Kier molecular flexibility index (Phi) is 2.83. The largest absolute Gasteiger partial charge is 0.497 e. The van der Waals surface area contributed by atoms with Crippen molar-refractivity contribution >= 4 is 22.3 Å². The molecule has 2 aromatic carbocycles. The van der Waals surface area contributed by atoms with E-state index in [0.717, 1.165) is 28.0 Å². The van der Waals surface area contributed by atoms with Crippen LogP contribution < -0.4 is 10.1 Å². The van der Waals surface area contributed by atoms with Crippen LogP contribution in [0.5, 0.6) is 5.75 Å². The van der Waals surface area contributed by atoms with E-state index in [4.69, 9.17) is 4.74 Å². The first-order valence-corrected chi connectivity index (χ1v) is 5.94. The van der Waals surface area contributed by atoms with Crippen molar-refractivity contribution in [2.45, 2.75) is 0 Å². The van der Waals surface area contributed by atoms with E-state index in [1.165, 1.54) is 12.1 Å². The van der Waals surface area contributed by atoms with E-state index in [1.54, 1.807) is 13.2 Å². The predicted molar refractivity (Wildman–Crippen MR) is 74.5 cm³/mol. The van der Waals surface area contributed by atoms with Gasteiger partial charge in [-0.3, -0.25) is 0 Å². The van der Waals surface area contributed by atoms with Gasteiger partial charge in [0.1, 0.15) is 11.6 Å². The summed E-state index contributed by atoms with van der Waals surface area (Å²) in [6.07, 6.45) is 1.82. The first-order chi connectivity index (χ1) is 9.26. The van der Waals surface area contributed by atoms with Gasteiger partial charge < -0.3 is 15.0 Å². The van der Waals surface area contributed by atoms with Gasteiger partial charge in [-0.15, -0.1) is 0 Å². The van der Waals surface area contributed by atoms with E-state index >= 15 is 0 Å². The summed E-state index contributed by atoms with van der Waals surface area (Å²) in [4.78, 5) is 3.10. The van der Waals surface area contributed by atoms with Crippen LogP contribution in [0.15, 0.2) is 48.7 Å². The molecule has 0 saturated heterocycles. The highest BCUT2D eigenvalue weighted by Crippen LogP contribution is 2.28. The average Bonchev–Trinajstić information content (AvgIpc) is 2.81. The maximum absolute atomic E-state index is 13.3. The van der Waals surface area contributed by atoms with E-state index in [0.29, 0.717) is 0 Å². The van der Waals surface area contributed by atoms with Crippen LogP contribution >= 0.6 is 0 Å². The monoisotopic (exact) mass is 256 g/mol. The first kappa shape index (κ1) is 11.6. The third-order valence-electron chi connectivity index (χ3n) is 2.99. The van der Waals surface area contributed by atoms with Crippen molar-refractivity contribution in [1.29, 1.82) is 0 Å². The zero-order chi connectivity index (χ0) is 13.2. The molecule has 0 bridgehead atoms. The number of H-pyrrole nitrogens is 1. The number of aromatic nitrogens is 1. The van der Waals surface area contributed by atoms with Crippen molar-refractivity contribution < 1.29 is 9.13 Å². The van der Waals surface area contributed by atoms with Crippen LogP contribution in [-0.4, -0.2) is 12.1 Å². The number of benzene rings is 2. The van der Waals surface area contributed by atoms with E-state index in [-0.39, 0.29) is 5.82 Å². The molecule has 2 N–H and O–H groups in total. The Labute approximate surface area is 110 Å². The fourth-order valence-electron chi connectivity index (χ4n) is 2.05. The number of halogens is 1. The number of rotatable bonds is 3. The van der Waals surface area contributed by atoms with Crippen molar-refractivity contribution in [3.8, 4) is 5.75 Å². The van der Waals surface area contributed by atoms with Crippen LogP contribution in [-0.2, 0) is 0 Å². The smallest absolute Gasteiger partial charge is 0.124 e. The van der Waals surface area contributed by atoms with Gasteiger partial charge in [-0.2, -0.15) is 0 Å². The summed E-state index contributed by atoms with van der Waals surface area (Å²) < 4.78 is 18.5. The lowest BCUT2D eigenvalue weighted by molar-refractivity contribution is 0.415. The number of nitrogens with one attached hydrogen (secondary N) is 2. The van der Waals surface area contributed by atoms with Crippen LogP contribution in [0.3, 0.4) is 0 Å². The molecule has 0 radical (unpaired) electrons. The van der Waals surface area contributed by atoms with Crippen LogP contribution in [0, 0.1) is 5.82 Å². The minimum Gasteiger partial charge on any atom is -0.497 e. The van der Waals surface area contributed by atoms with E-state index in [9.17, 15) is 4.39 Å². The second-order valence-electron chi connectivity index (χ2n) is 4.25. The van der Waals surface area contributed by atoms with Gasteiger partial charge in [0, 0.05) is 28.9 Å². The Hall–Kier alpha value is -2.49. The molecule has 1 heterocycles. The Morgan fingerprint density at radius 2 is 2.05 bits per heavy atom. The Balaban J connectivity index is 1.98. The summed E-state index contributed by atoms with van der Waals surface area (Å²) in [7, 11) is 1.63. The van der Waals surface area contributed by atoms with Gasteiger partial charge in [-0.25, -0.2) is 4.39 Å². The average molecular weight is 256 g/mol. The maximum Gasteiger partial charge on any atom is 0.124 e. The predicted octanol–water partition coefficient (Wildman–Crippen LogP) is 4.06. The summed E-state index contributed by atoms with van der Waals surface area (Å²) in [6.45, 7) is 0. The molecule has 4 heteroatoms. The van der Waals surface area contributed by atoms with Gasteiger partial charge >= 0.3 is 0 Å². The standard InChI is InChI=1S/C15H13FN2O/c1-19-12-4-2-3-11(8-12)18-15-9-17-14-6-5-10(16)7-13(14)15/h2-9,17-18H,1H3. The number of hydrogen-bond acceptors (Lipinski definition) is 2. The van der Waals surface area contributed by atoms with Gasteiger partial charge in [0.05, 0.1) is 12.8 Å².